The highest BCUT2D eigenvalue weighted by Gasteiger charge is 2.08. The van der Waals surface area contributed by atoms with E-state index in [0.29, 0.717) is 6.04 Å². The van der Waals surface area contributed by atoms with Gasteiger partial charge in [0.1, 0.15) is 0 Å². The molecule has 0 saturated heterocycles. The highest BCUT2D eigenvalue weighted by Crippen LogP contribution is 2.21. The number of rotatable bonds is 4. The summed E-state index contributed by atoms with van der Waals surface area (Å²) in [4.78, 5) is 3.75. The standard InChI is InChI=1S/C9H13Br2NS/c1-7(4-10)12(2)5-9-3-8(11)6-13-9/h3,6-7H,4-5H2,1-2H3. The van der Waals surface area contributed by atoms with Gasteiger partial charge in [-0.2, -0.15) is 0 Å². The Hall–Kier alpha value is 0.620. The molecule has 13 heavy (non-hydrogen) atoms. The smallest absolute Gasteiger partial charge is 0.0328 e. The summed E-state index contributed by atoms with van der Waals surface area (Å²) in [6.07, 6.45) is 0. The highest BCUT2D eigenvalue weighted by atomic mass is 79.9. The predicted molar refractivity (Wildman–Crippen MR) is 66.7 cm³/mol. The highest BCUT2D eigenvalue weighted by molar-refractivity contribution is 9.10. The molecular formula is C9H13Br2NS. The van der Waals surface area contributed by atoms with Crippen LogP contribution in [0.25, 0.3) is 0 Å². The normalized spacial score (nSPS) is 13.6. The van der Waals surface area contributed by atoms with Gasteiger partial charge >= 0.3 is 0 Å². The first-order chi connectivity index (χ1) is 6.13. The second kappa shape index (κ2) is 5.49. The van der Waals surface area contributed by atoms with E-state index in [2.05, 4.69) is 62.2 Å². The molecule has 1 aromatic heterocycles. The number of alkyl halides is 1. The van der Waals surface area contributed by atoms with Crippen LogP contribution in [0.2, 0.25) is 0 Å². The van der Waals surface area contributed by atoms with Crippen molar-refractivity contribution in [3.8, 4) is 0 Å². The summed E-state index contributed by atoms with van der Waals surface area (Å²) in [5.41, 5.74) is 0. The first kappa shape index (κ1) is 11.7. The minimum atomic E-state index is 0.584. The summed E-state index contributed by atoms with van der Waals surface area (Å²) in [5, 5.41) is 3.15. The van der Waals surface area contributed by atoms with Crippen molar-refractivity contribution in [1.82, 2.24) is 4.90 Å². The Morgan fingerprint density at radius 1 is 1.62 bits per heavy atom. The van der Waals surface area contributed by atoms with Crippen molar-refractivity contribution in [1.29, 1.82) is 0 Å². The zero-order chi connectivity index (χ0) is 9.84. The molecule has 0 N–H and O–H groups in total. The van der Waals surface area contributed by atoms with Gasteiger partial charge in [-0.3, -0.25) is 4.90 Å². The number of hydrogen-bond donors (Lipinski definition) is 0. The van der Waals surface area contributed by atoms with Gasteiger partial charge in [-0.25, -0.2) is 0 Å². The van der Waals surface area contributed by atoms with Gasteiger partial charge < -0.3 is 0 Å². The largest absolute Gasteiger partial charge is 0.298 e. The van der Waals surface area contributed by atoms with Crippen molar-refractivity contribution in [2.24, 2.45) is 0 Å². The molecule has 0 aliphatic carbocycles. The Labute approximate surface area is 100 Å². The number of hydrogen-bond acceptors (Lipinski definition) is 2. The fourth-order valence-electron chi connectivity index (χ4n) is 0.956. The molecule has 0 saturated carbocycles. The zero-order valence-electron chi connectivity index (χ0n) is 7.76. The van der Waals surface area contributed by atoms with Gasteiger partial charge in [0, 0.05) is 32.6 Å². The van der Waals surface area contributed by atoms with E-state index in [9.17, 15) is 0 Å². The minimum Gasteiger partial charge on any atom is -0.298 e. The molecule has 0 bridgehead atoms. The fraction of sp³-hybridized carbons (Fsp3) is 0.556. The molecule has 0 aromatic carbocycles. The average Bonchev–Trinajstić information content (AvgIpc) is 2.49. The van der Waals surface area contributed by atoms with Crippen molar-refractivity contribution >= 4 is 43.2 Å². The molecule has 0 aliphatic rings. The average molecular weight is 327 g/mol. The number of thiophene rings is 1. The molecule has 0 fully saturated rings. The van der Waals surface area contributed by atoms with E-state index in [-0.39, 0.29) is 0 Å². The van der Waals surface area contributed by atoms with Gasteiger partial charge in [-0.1, -0.05) is 15.9 Å². The molecule has 0 amide bonds. The van der Waals surface area contributed by atoms with Crippen molar-refractivity contribution in [2.75, 3.05) is 12.4 Å². The Morgan fingerprint density at radius 3 is 2.77 bits per heavy atom. The molecule has 1 nitrogen and oxygen atoms in total. The van der Waals surface area contributed by atoms with Crippen molar-refractivity contribution in [3.63, 3.8) is 0 Å². The van der Waals surface area contributed by atoms with E-state index in [1.165, 1.54) is 9.35 Å². The topological polar surface area (TPSA) is 3.24 Å². The van der Waals surface area contributed by atoms with Crippen LogP contribution in [0.15, 0.2) is 15.9 Å². The lowest BCUT2D eigenvalue weighted by Crippen LogP contribution is -2.29. The first-order valence-electron chi connectivity index (χ1n) is 4.12. The van der Waals surface area contributed by atoms with E-state index in [0.717, 1.165) is 11.9 Å². The van der Waals surface area contributed by atoms with Gasteiger partial charge in [0.2, 0.25) is 0 Å². The van der Waals surface area contributed by atoms with Gasteiger partial charge in [0.05, 0.1) is 0 Å². The van der Waals surface area contributed by atoms with E-state index in [1.54, 1.807) is 11.3 Å². The molecule has 0 aliphatic heterocycles. The summed E-state index contributed by atoms with van der Waals surface area (Å²) in [5.74, 6) is 0. The summed E-state index contributed by atoms with van der Waals surface area (Å²) in [7, 11) is 2.15. The second-order valence-corrected chi connectivity index (χ2v) is 5.71. The van der Waals surface area contributed by atoms with Crippen LogP contribution in [-0.2, 0) is 6.54 Å². The first-order valence-corrected chi connectivity index (χ1v) is 6.92. The third kappa shape index (κ3) is 3.70. The lowest BCUT2D eigenvalue weighted by atomic mass is 10.3. The van der Waals surface area contributed by atoms with Crippen LogP contribution in [-0.4, -0.2) is 23.3 Å². The molecule has 0 radical (unpaired) electrons. The molecule has 0 spiro atoms. The van der Waals surface area contributed by atoms with Crippen LogP contribution < -0.4 is 0 Å². The van der Waals surface area contributed by atoms with E-state index in [4.69, 9.17) is 0 Å². The van der Waals surface area contributed by atoms with E-state index < -0.39 is 0 Å². The SMILES string of the molecule is CC(CBr)N(C)Cc1cc(Br)cs1. The molecule has 1 atom stereocenters. The van der Waals surface area contributed by atoms with Gasteiger partial charge in [0.15, 0.2) is 0 Å². The monoisotopic (exact) mass is 325 g/mol. The molecule has 74 valence electrons. The Balaban J connectivity index is 2.49. The second-order valence-electron chi connectivity index (χ2n) is 3.15. The van der Waals surface area contributed by atoms with Crippen LogP contribution in [0.5, 0.6) is 0 Å². The summed E-state index contributed by atoms with van der Waals surface area (Å²) >= 11 is 8.75. The van der Waals surface area contributed by atoms with Crippen LogP contribution in [0.1, 0.15) is 11.8 Å². The summed E-state index contributed by atoms with van der Waals surface area (Å²) in [6.45, 7) is 3.25. The van der Waals surface area contributed by atoms with Gasteiger partial charge in [0.25, 0.3) is 0 Å². The maximum absolute atomic E-state index is 3.49. The molecule has 1 rings (SSSR count). The lowest BCUT2D eigenvalue weighted by molar-refractivity contribution is 0.273. The third-order valence-electron chi connectivity index (χ3n) is 2.00. The van der Waals surface area contributed by atoms with Crippen LogP contribution in [0.3, 0.4) is 0 Å². The maximum Gasteiger partial charge on any atom is 0.0328 e. The van der Waals surface area contributed by atoms with Gasteiger partial charge in [-0.15, -0.1) is 11.3 Å². The predicted octanol–water partition coefficient (Wildman–Crippen LogP) is 3.73. The molecule has 4 heteroatoms. The number of halogens is 2. The maximum atomic E-state index is 3.49. The Kier molecular flexibility index (Phi) is 4.94. The summed E-state index contributed by atoms with van der Waals surface area (Å²) < 4.78 is 1.19. The lowest BCUT2D eigenvalue weighted by Gasteiger charge is -2.21. The van der Waals surface area contributed by atoms with Crippen molar-refractivity contribution in [3.05, 3.63) is 20.8 Å². The van der Waals surface area contributed by atoms with Crippen molar-refractivity contribution in [2.45, 2.75) is 19.5 Å². The van der Waals surface area contributed by atoms with Crippen LogP contribution in [0, 0.1) is 0 Å². The molecule has 1 heterocycles. The molecule has 1 unspecified atom stereocenters. The Bertz CT molecular complexity index is 262. The molecular weight excluding hydrogens is 314 g/mol. The number of nitrogens with zero attached hydrogens (tertiary/aromatic N) is 1. The van der Waals surface area contributed by atoms with Gasteiger partial charge in [-0.05, 0) is 36.0 Å². The van der Waals surface area contributed by atoms with Crippen LogP contribution >= 0.6 is 43.2 Å². The van der Waals surface area contributed by atoms with E-state index in [1.807, 2.05) is 0 Å². The van der Waals surface area contributed by atoms with Crippen LogP contribution in [0.4, 0.5) is 0 Å². The molecule has 1 aromatic rings. The Morgan fingerprint density at radius 2 is 2.31 bits per heavy atom. The minimum absolute atomic E-state index is 0.584. The quantitative estimate of drug-likeness (QED) is 0.762. The van der Waals surface area contributed by atoms with Crippen molar-refractivity contribution < 1.29 is 0 Å². The third-order valence-corrected chi connectivity index (χ3v) is 4.62. The zero-order valence-corrected chi connectivity index (χ0v) is 11.7. The fourth-order valence-corrected chi connectivity index (χ4v) is 2.96. The van der Waals surface area contributed by atoms with E-state index >= 15 is 0 Å². The summed E-state index contributed by atoms with van der Waals surface area (Å²) in [6, 6.07) is 2.77.